The Bertz CT molecular complexity index is 430. The smallest absolute Gasteiger partial charge is 0.318 e. The van der Waals surface area contributed by atoms with Gasteiger partial charge in [-0.3, -0.25) is 4.79 Å². The molecular weight excluding hydrogens is 246 g/mol. The number of carbonyl (C=O) groups excluding carboxylic acids is 2. The zero-order valence-electron chi connectivity index (χ0n) is 11.0. The Labute approximate surface area is 112 Å². The first-order valence-corrected chi connectivity index (χ1v) is 6.57. The monoisotopic (exact) mass is 265 g/mol. The van der Waals surface area contributed by atoms with Gasteiger partial charge in [-0.1, -0.05) is 0 Å². The molecule has 0 unspecified atom stereocenters. The second kappa shape index (κ2) is 6.26. The number of nitrogens with one attached hydrogen (secondary N) is 2. The van der Waals surface area contributed by atoms with Gasteiger partial charge in [-0.25, -0.2) is 4.79 Å². The second-order valence-corrected chi connectivity index (χ2v) is 4.48. The summed E-state index contributed by atoms with van der Waals surface area (Å²) >= 11 is 0. The van der Waals surface area contributed by atoms with Crippen molar-refractivity contribution in [2.24, 2.45) is 0 Å². The maximum absolute atomic E-state index is 12.1. The van der Waals surface area contributed by atoms with E-state index in [1.807, 2.05) is 6.92 Å². The van der Waals surface area contributed by atoms with E-state index in [-0.39, 0.29) is 18.0 Å². The van der Waals surface area contributed by atoms with Crippen molar-refractivity contribution in [3.05, 3.63) is 24.2 Å². The summed E-state index contributed by atoms with van der Waals surface area (Å²) in [7, 11) is 0. The van der Waals surface area contributed by atoms with Crippen molar-refractivity contribution in [2.45, 2.75) is 32.4 Å². The average Bonchev–Trinajstić information content (AvgIpc) is 3.07. The molecule has 0 spiro atoms. The molecule has 1 aliphatic heterocycles. The lowest BCUT2D eigenvalue weighted by Crippen LogP contribution is -2.49. The van der Waals surface area contributed by atoms with Crippen molar-refractivity contribution in [3.63, 3.8) is 0 Å². The summed E-state index contributed by atoms with van der Waals surface area (Å²) in [6, 6.07) is 3.04. The summed E-state index contributed by atoms with van der Waals surface area (Å²) < 4.78 is 5.15. The van der Waals surface area contributed by atoms with E-state index in [4.69, 9.17) is 4.42 Å². The van der Waals surface area contributed by atoms with Crippen LogP contribution in [0.3, 0.4) is 0 Å². The molecule has 0 radical (unpaired) electrons. The molecule has 1 atom stereocenters. The zero-order chi connectivity index (χ0) is 13.7. The van der Waals surface area contributed by atoms with Crippen molar-refractivity contribution in [2.75, 3.05) is 13.1 Å². The fraction of sp³-hybridized carbons (Fsp3) is 0.538. The molecular formula is C13H19N3O3. The van der Waals surface area contributed by atoms with Crippen LogP contribution in [0, 0.1) is 0 Å². The van der Waals surface area contributed by atoms with Gasteiger partial charge in [0.2, 0.25) is 5.91 Å². The van der Waals surface area contributed by atoms with E-state index < -0.39 is 0 Å². The Kier molecular flexibility index (Phi) is 4.43. The van der Waals surface area contributed by atoms with Crippen LogP contribution >= 0.6 is 0 Å². The highest BCUT2D eigenvalue weighted by atomic mass is 16.3. The normalized spacial score (nSPS) is 18.4. The third-order valence-corrected chi connectivity index (χ3v) is 3.16. The summed E-state index contributed by atoms with van der Waals surface area (Å²) in [6.07, 6.45) is 3.13. The van der Waals surface area contributed by atoms with Crippen LogP contribution in [0.1, 0.15) is 25.5 Å². The highest BCUT2D eigenvalue weighted by molar-refractivity contribution is 5.87. The molecule has 0 bridgehead atoms. The van der Waals surface area contributed by atoms with Crippen LogP contribution in [-0.2, 0) is 11.3 Å². The van der Waals surface area contributed by atoms with Crippen LogP contribution in [0.4, 0.5) is 4.79 Å². The molecule has 0 aliphatic carbocycles. The minimum absolute atomic E-state index is 0.125. The topological polar surface area (TPSA) is 74.6 Å². The highest BCUT2D eigenvalue weighted by Crippen LogP contribution is 2.17. The highest BCUT2D eigenvalue weighted by Gasteiger charge is 2.33. The Morgan fingerprint density at radius 2 is 2.32 bits per heavy atom. The van der Waals surface area contributed by atoms with Gasteiger partial charge in [-0.2, -0.15) is 0 Å². The van der Waals surface area contributed by atoms with Gasteiger partial charge in [-0.15, -0.1) is 0 Å². The molecule has 2 N–H and O–H groups in total. The summed E-state index contributed by atoms with van der Waals surface area (Å²) in [4.78, 5) is 25.5. The van der Waals surface area contributed by atoms with E-state index in [1.165, 1.54) is 0 Å². The number of likely N-dealkylation sites (tertiary alicyclic amines) is 1. The minimum atomic E-state index is -0.374. The van der Waals surface area contributed by atoms with Crippen molar-refractivity contribution in [1.29, 1.82) is 0 Å². The van der Waals surface area contributed by atoms with Gasteiger partial charge in [0.05, 0.1) is 12.8 Å². The largest absolute Gasteiger partial charge is 0.467 e. The average molecular weight is 265 g/mol. The van der Waals surface area contributed by atoms with Crippen molar-refractivity contribution < 1.29 is 14.0 Å². The standard InChI is InChI=1S/C13H19N3O3/c1-2-14-13(18)16-7-3-6-11(16)12(17)15-9-10-5-4-8-19-10/h4-5,8,11H,2-3,6-7,9H2,1H3,(H,14,18)(H,15,17)/t11-/m1/s1. The van der Waals surface area contributed by atoms with Gasteiger partial charge < -0.3 is 20.0 Å². The number of hydrogen-bond donors (Lipinski definition) is 2. The molecule has 104 valence electrons. The first kappa shape index (κ1) is 13.5. The second-order valence-electron chi connectivity index (χ2n) is 4.48. The van der Waals surface area contributed by atoms with Crippen LogP contribution in [-0.4, -0.2) is 36.0 Å². The van der Waals surface area contributed by atoms with Crippen LogP contribution in [0.15, 0.2) is 22.8 Å². The predicted octanol–water partition coefficient (Wildman–Crippen LogP) is 1.09. The molecule has 19 heavy (non-hydrogen) atoms. The molecule has 1 fully saturated rings. The molecule has 1 aromatic heterocycles. The first-order valence-electron chi connectivity index (χ1n) is 6.57. The molecule has 2 heterocycles. The number of amides is 3. The molecule has 2 rings (SSSR count). The first-order chi connectivity index (χ1) is 9.22. The SMILES string of the molecule is CCNC(=O)N1CCC[C@@H]1C(=O)NCc1ccco1. The van der Waals surface area contributed by atoms with Crippen molar-refractivity contribution in [1.82, 2.24) is 15.5 Å². The molecule has 1 saturated heterocycles. The number of urea groups is 1. The third kappa shape index (κ3) is 3.27. The van der Waals surface area contributed by atoms with Crippen LogP contribution in [0.2, 0.25) is 0 Å². The Hall–Kier alpha value is -1.98. The van der Waals surface area contributed by atoms with Crippen molar-refractivity contribution >= 4 is 11.9 Å². The Balaban J connectivity index is 1.88. The number of furan rings is 1. The van der Waals surface area contributed by atoms with E-state index in [0.29, 0.717) is 31.8 Å². The number of nitrogens with zero attached hydrogens (tertiary/aromatic N) is 1. The lowest BCUT2D eigenvalue weighted by molar-refractivity contribution is -0.124. The number of carbonyl (C=O) groups is 2. The van der Waals surface area contributed by atoms with E-state index in [1.54, 1.807) is 23.3 Å². The third-order valence-electron chi connectivity index (χ3n) is 3.16. The summed E-state index contributed by atoms with van der Waals surface area (Å²) in [5, 5.41) is 5.53. The van der Waals surface area contributed by atoms with E-state index >= 15 is 0 Å². The van der Waals surface area contributed by atoms with E-state index in [0.717, 1.165) is 6.42 Å². The quantitative estimate of drug-likeness (QED) is 0.855. The van der Waals surface area contributed by atoms with E-state index in [2.05, 4.69) is 10.6 Å². The maximum Gasteiger partial charge on any atom is 0.318 e. The maximum atomic E-state index is 12.1. The molecule has 6 heteroatoms. The summed E-state index contributed by atoms with van der Waals surface area (Å²) in [6.45, 7) is 3.41. The predicted molar refractivity (Wildman–Crippen MR) is 69.4 cm³/mol. The van der Waals surface area contributed by atoms with Gasteiger partial charge in [-0.05, 0) is 31.9 Å². The Morgan fingerprint density at radius 1 is 1.47 bits per heavy atom. The summed E-state index contributed by atoms with van der Waals surface area (Å²) in [5.74, 6) is 0.580. The lowest BCUT2D eigenvalue weighted by atomic mass is 10.2. The minimum Gasteiger partial charge on any atom is -0.467 e. The fourth-order valence-corrected chi connectivity index (χ4v) is 2.24. The number of rotatable bonds is 4. The van der Waals surface area contributed by atoms with Gasteiger partial charge in [0.25, 0.3) is 0 Å². The molecule has 0 saturated carbocycles. The molecule has 0 aromatic carbocycles. The van der Waals surface area contributed by atoms with Gasteiger partial charge in [0, 0.05) is 13.1 Å². The van der Waals surface area contributed by atoms with Crippen LogP contribution in [0.5, 0.6) is 0 Å². The fourth-order valence-electron chi connectivity index (χ4n) is 2.24. The summed E-state index contributed by atoms with van der Waals surface area (Å²) in [5.41, 5.74) is 0. The van der Waals surface area contributed by atoms with Gasteiger partial charge in [0.1, 0.15) is 11.8 Å². The lowest BCUT2D eigenvalue weighted by Gasteiger charge is -2.23. The zero-order valence-corrected chi connectivity index (χ0v) is 11.0. The van der Waals surface area contributed by atoms with Crippen LogP contribution in [0.25, 0.3) is 0 Å². The molecule has 3 amide bonds. The molecule has 1 aromatic rings. The molecule has 6 nitrogen and oxygen atoms in total. The Morgan fingerprint density at radius 3 is 3.00 bits per heavy atom. The number of hydrogen-bond acceptors (Lipinski definition) is 3. The van der Waals surface area contributed by atoms with Crippen molar-refractivity contribution in [3.8, 4) is 0 Å². The van der Waals surface area contributed by atoms with E-state index in [9.17, 15) is 9.59 Å². The molecule has 1 aliphatic rings. The van der Waals surface area contributed by atoms with Gasteiger partial charge >= 0.3 is 6.03 Å². The van der Waals surface area contributed by atoms with Gasteiger partial charge in [0.15, 0.2) is 0 Å². The van der Waals surface area contributed by atoms with Crippen LogP contribution < -0.4 is 10.6 Å².